The maximum absolute atomic E-state index is 9.85. The standard InChI is InChI=1S/C4H3NO4/c6-5(7)4-3-8-1-2-9-4/h1-3H. The Labute approximate surface area is 50.3 Å². The van der Waals surface area contributed by atoms with Gasteiger partial charge < -0.3 is 9.47 Å². The maximum atomic E-state index is 9.85. The second-order valence-corrected chi connectivity index (χ2v) is 1.24. The molecule has 1 aliphatic rings. The lowest BCUT2D eigenvalue weighted by atomic mass is 10.8. The van der Waals surface area contributed by atoms with E-state index in [4.69, 9.17) is 0 Å². The monoisotopic (exact) mass is 129 g/mol. The molecule has 0 aromatic carbocycles. The molecule has 0 radical (unpaired) electrons. The number of hydrogen-bond acceptors (Lipinski definition) is 4. The lowest BCUT2D eigenvalue weighted by Gasteiger charge is -1.99. The van der Waals surface area contributed by atoms with Crippen molar-refractivity contribution in [2.75, 3.05) is 0 Å². The molecule has 0 saturated carbocycles. The minimum atomic E-state index is -0.677. The van der Waals surface area contributed by atoms with Crippen LogP contribution in [-0.2, 0) is 9.47 Å². The molecule has 0 N–H and O–H groups in total. The first-order chi connectivity index (χ1) is 4.30. The number of rotatable bonds is 1. The zero-order valence-corrected chi connectivity index (χ0v) is 4.31. The Morgan fingerprint density at radius 2 is 2.33 bits per heavy atom. The van der Waals surface area contributed by atoms with E-state index < -0.39 is 10.8 Å². The van der Waals surface area contributed by atoms with Crippen LogP contribution in [0, 0.1) is 10.1 Å². The molecule has 5 heteroatoms. The van der Waals surface area contributed by atoms with Crippen molar-refractivity contribution >= 4 is 0 Å². The lowest BCUT2D eigenvalue weighted by molar-refractivity contribution is -0.461. The third-order valence-corrected chi connectivity index (χ3v) is 0.672. The summed E-state index contributed by atoms with van der Waals surface area (Å²) in [5.74, 6) is -0.405. The van der Waals surface area contributed by atoms with Crippen LogP contribution in [0.5, 0.6) is 0 Å². The molecule has 0 aliphatic carbocycles. The van der Waals surface area contributed by atoms with Crippen LogP contribution in [0.1, 0.15) is 0 Å². The summed E-state index contributed by atoms with van der Waals surface area (Å²) < 4.78 is 8.83. The molecule has 48 valence electrons. The molecule has 0 atom stereocenters. The summed E-state index contributed by atoms with van der Waals surface area (Å²) in [5.41, 5.74) is 0. The molecule has 1 rings (SSSR count). The van der Waals surface area contributed by atoms with Gasteiger partial charge in [-0.15, -0.1) is 0 Å². The van der Waals surface area contributed by atoms with Crippen LogP contribution in [0.15, 0.2) is 24.7 Å². The summed E-state index contributed by atoms with van der Waals surface area (Å²) in [6.45, 7) is 0. The van der Waals surface area contributed by atoms with Crippen molar-refractivity contribution in [1.29, 1.82) is 0 Å². The summed E-state index contributed by atoms with van der Waals surface area (Å²) in [4.78, 5) is 9.18. The average Bonchev–Trinajstić information content (AvgIpc) is 1.90. The van der Waals surface area contributed by atoms with Crippen LogP contribution in [0.25, 0.3) is 0 Å². The van der Waals surface area contributed by atoms with Crippen molar-refractivity contribution in [3.05, 3.63) is 34.8 Å². The first-order valence-electron chi connectivity index (χ1n) is 2.12. The minimum absolute atomic E-state index is 0.405. The highest BCUT2D eigenvalue weighted by molar-refractivity contribution is 4.84. The molecule has 9 heavy (non-hydrogen) atoms. The largest absolute Gasteiger partial charge is 0.468 e. The second-order valence-electron chi connectivity index (χ2n) is 1.24. The summed E-state index contributed by atoms with van der Waals surface area (Å²) in [5, 5.41) is 9.85. The van der Waals surface area contributed by atoms with Crippen molar-refractivity contribution in [2.24, 2.45) is 0 Å². The Hall–Kier alpha value is -1.52. The summed E-state index contributed by atoms with van der Waals surface area (Å²) in [7, 11) is 0. The topological polar surface area (TPSA) is 61.6 Å². The van der Waals surface area contributed by atoms with Gasteiger partial charge in [-0.05, 0) is 0 Å². The van der Waals surface area contributed by atoms with Gasteiger partial charge in [-0.3, -0.25) is 10.1 Å². The van der Waals surface area contributed by atoms with Crippen LogP contribution in [0.4, 0.5) is 0 Å². The fourth-order valence-electron chi connectivity index (χ4n) is 0.341. The van der Waals surface area contributed by atoms with Gasteiger partial charge in [0.1, 0.15) is 17.4 Å². The third kappa shape index (κ3) is 1.18. The first-order valence-corrected chi connectivity index (χ1v) is 2.12. The second kappa shape index (κ2) is 2.17. The summed E-state index contributed by atoms with van der Waals surface area (Å²) >= 11 is 0. The molecule has 0 aromatic heterocycles. The maximum Gasteiger partial charge on any atom is 0.468 e. The van der Waals surface area contributed by atoms with Gasteiger partial charge in [0.05, 0.1) is 0 Å². The molecule has 1 aliphatic heterocycles. The van der Waals surface area contributed by atoms with E-state index in [-0.39, 0.29) is 0 Å². The molecule has 1 heterocycles. The van der Waals surface area contributed by atoms with Crippen LogP contribution >= 0.6 is 0 Å². The van der Waals surface area contributed by atoms with Gasteiger partial charge in [0.2, 0.25) is 6.26 Å². The SMILES string of the molecule is O=[N+]([O-])C1=COC=CO1. The highest BCUT2D eigenvalue weighted by Crippen LogP contribution is 2.04. The first kappa shape index (κ1) is 5.61. The van der Waals surface area contributed by atoms with Crippen molar-refractivity contribution in [3.63, 3.8) is 0 Å². The number of hydrogen-bond donors (Lipinski definition) is 0. The predicted molar refractivity (Wildman–Crippen MR) is 26.4 cm³/mol. The number of nitrogens with zero attached hydrogens (tertiary/aromatic N) is 1. The summed E-state index contributed by atoms with van der Waals surface area (Å²) in [6.07, 6.45) is 3.21. The number of nitro groups is 1. The fraction of sp³-hybridized carbons (Fsp3) is 0. The number of ether oxygens (including phenoxy) is 2. The third-order valence-electron chi connectivity index (χ3n) is 0.672. The Bertz CT molecular complexity index is 183. The van der Waals surface area contributed by atoms with Gasteiger partial charge in [-0.2, -0.15) is 0 Å². The molecule has 0 amide bonds. The average molecular weight is 129 g/mol. The van der Waals surface area contributed by atoms with E-state index in [0.717, 1.165) is 12.5 Å². The van der Waals surface area contributed by atoms with E-state index in [2.05, 4.69) is 9.47 Å². The van der Waals surface area contributed by atoms with E-state index >= 15 is 0 Å². The Morgan fingerprint density at radius 1 is 1.56 bits per heavy atom. The van der Waals surface area contributed by atoms with E-state index in [1.807, 2.05) is 0 Å². The summed E-state index contributed by atoms with van der Waals surface area (Å²) in [6, 6.07) is 0. The molecule has 0 unspecified atom stereocenters. The van der Waals surface area contributed by atoms with Gasteiger partial charge in [0.25, 0.3) is 0 Å². The van der Waals surface area contributed by atoms with Crippen LogP contribution in [0.3, 0.4) is 0 Å². The van der Waals surface area contributed by atoms with Gasteiger partial charge in [-0.1, -0.05) is 0 Å². The van der Waals surface area contributed by atoms with Crippen molar-refractivity contribution in [3.8, 4) is 0 Å². The van der Waals surface area contributed by atoms with E-state index in [1.54, 1.807) is 0 Å². The highest BCUT2D eigenvalue weighted by atomic mass is 16.7. The molecular weight excluding hydrogens is 126 g/mol. The van der Waals surface area contributed by atoms with Crippen LogP contribution in [0.2, 0.25) is 0 Å². The molecule has 5 nitrogen and oxygen atoms in total. The highest BCUT2D eigenvalue weighted by Gasteiger charge is 2.12. The Balaban J connectivity index is 2.61. The van der Waals surface area contributed by atoms with Crippen molar-refractivity contribution in [1.82, 2.24) is 0 Å². The molecule has 0 spiro atoms. The van der Waals surface area contributed by atoms with Gasteiger partial charge in [0.15, 0.2) is 0 Å². The molecular formula is C4H3NO4. The van der Waals surface area contributed by atoms with Crippen molar-refractivity contribution < 1.29 is 14.4 Å². The van der Waals surface area contributed by atoms with E-state index in [9.17, 15) is 10.1 Å². The van der Waals surface area contributed by atoms with Crippen LogP contribution < -0.4 is 0 Å². The lowest BCUT2D eigenvalue weighted by Crippen LogP contribution is -2.02. The minimum Gasteiger partial charge on any atom is -0.458 e. The quantitative estimate of drug-likeness (QED) is 0.383. The Morgan fingerprint density at radius 3 is 2.67 bits per heavy atom. The van der Waals surface area contributed by atoms with Gasteiger partial charge in [0, 0.05) is 0 Å². The Kier molecular flexibility index (Phi) is 1.35. The molecule has 0 fully saturated rings. The normalized spacial score (nSPS) is 15.3. The van der Waals surface area contributed by atoms with Crippen molar-refractivity contribution in [2.45, 2.75) is 0 Å². The molecule has 0 saturated heterocycles. The van der Waals surface area contributed by atoms with E-state index in [1.165, 1.54) is 6.26 Å². The van der Waals surface area contributed by atoms with Gasteiger partial charge in [-0.25, -0.2) is 0 Å². The molecule has 0 aromatic rings. The van der Waals surface area contributed by atoms with Crippen LogP contribution in [-0.4, -0.2) is 4.92 Å². The zero-order chi connectivity index (χ0) is 6.69. The predicted octanol–water partition coefficient (Wildman–Crippen LogP) is 0.580. The smallest absolute Gasteiger partial charge is 0.458 e. The van der Waals surface area contributed by atoms with Gasteiger partial charge >= 0.3 is 5.88 Å². The fourth-order valence-corrected chi connectivity index (χ4v) is 0.341. The molecule has 0 bridgehead atoms. The van der Waals surface area contributed by atoms with E-state index in [0.29, 0.717) is 0 Å². The zero-order valence-electron chi connectivity index (χ0n) is 4.31.